The van der Waals surface area contributed by atoms with Crippen molar-refractivity contribution in [1.82, 2.24) is 0 Å². The average Bonchev–Trinajstić information content (AvgIpc) is 2.27. The first-order valence-electron chi connectivity index (χ1n) is 4.52. The zero-order valence-electron chi connectivity index (χ0n) is 8.14. The first-order chi connectivity index (χ1) is 7.36. The van der Waals surface area contributed by atoms with Crippen LogP contribution in [0.3, 0.4) is 0 Å². The van der Waals surface area contributed by atoms with Gasteiger partial charge in [0.25, 0.3) is 0 Å². The summed E-state index contributed by atoms with van der Waals surface area (Å²) in [7, 11) is 0. The zero-order chi connectivity index (χ0) is 10.9. The van der Waals surface area contributed by atoms with Crippen LogP contribution in [0, 0.1) is 0 Å². The van der Waals surface area contributed by atoms with Crippen LogP contribution in [0.4, 0.5) is 0 Å². The van der Waals surface area contributed by atoms with E-state index in [0.29, 0.717) is 19.5 Å². The molecule has 4 nitrogen and oxygen atoms in total. The maximum Gasteiger partial charge on any atom is 0.235 e. The summed E-state index contributed by atoms with van der Waals surface area (Å²) in [5.41, 5.74) is 2.01. The molecule has 0 spiro atoms. The van der Waals surface area contributed by atoms with Gasteiger partial charge in [0.2, 0.25) is 12.2 Å². The third-order valence-electron chi connectivity index (χ3n) is 1.89. The monoisotopic (exact) mass is 202 g/mol. The number of nitrogens with zero attached hydrogens (tertiary/aromatic N) is 2. The van der Waals surface area contributed by atoms with Gasteiger partial charge in [0.1, 0.15) is 0 Å². The predicted molar refractivity (Wildman–Crippen MR) is 55.0 cm³/mol. The van der Waals surface area contributed by atoms with E-state index < -0.39 is 0 Å². The van der Waals surface area contributed by atoms with Crippen molar-refractivity contribution in [2.75, 3.05) is 6.54 Å². The molecule has 0 radical (unpaired) electrons. The molecule has 0 bridgehead atoms. The Bertz CT molecular complexity index is 416. The Morgan fingerprint density at radius 2 is 1.80 bits per heavy atom. The summed E-state index contributed by atoms with van der Waals surface area (Å²) < 4.78 is 0. The third-order valence-corrected chi connectivity index (χ3v) is 1.89. The van der Waals surface area contributed by atoms with Crippen molar-refractivity contribution in [2.24, 2.45) is 9.98 Å². The molecule has 76 valence electrons. The van der Waals surface area contributed by atoms with Gasteiger partial charge in [-0.15, -0.1) is 0 Å². The van der Waals surface area contributed by atoms with Gasteiger partial charge in [0.15, 0.2) is 0 Å². The van der Waals surface area contributed by atoms with Crippen LogP contribution < -0.4 is 0 Å². The molecule has 0 heterocycles. The number of hydrogen-bond acceptors (Lipinski definition) is 4. The highest BCUT2D eigenvalue weighted by Crippen LogP contribution is 2.07. The van der Waals surface area contributed by atoms with Gasteiger partial charge in [-0.2, -0.15) is 0 Å². The van der Waals surface area contributed by atoms with Gasteiger partial charge < -0.3 is 0 Å². The van der Waals surface area contributed by atoms with Crippen molar-refractivity contribution < 1.29 is 9.59 Å². The highest BCUT2D eigenvalue weighted by atomic mass is 16.1. The Balaban J connectivity index is 2.64. The van der Waals surface area contributed by atoms with Gasteiger partial charge in [-0.3, -0.25) is 0 Å². The number of carbonyl (C=O) groups excluding carboxylic acids is 2. The summed E-state index contributed by atoms with van der Waals surface area (Å²) in [4.78, 5) is 26.7. The molecule has 0 saturated carbocycles. The molecule has 1 aromatic carbocycles. The SMILES string of the molecule is O=C=NCCc1cccc(CN=C=O)c1. The second-order valence-corrected chi connectivity index (χ2v) is 2.95. The fourth-order valence-corrected chi connectivity index (χ4v) is 1.24. The standard InChI is InChI=1S/C11H10N2O2/c14-8-12-5-4-10-2-1-3-11(6-10)7-13-9-15/h1-3,6H,4-5,7H2. The lowest BCUT2D eigenvalue weighted by atomic mass is 10.1. The Kier molecular flexibility index (Phi) is 4.74. The summed E-state index contributed by atoms with van der Waals surface area (Å²) in [6, 6.07) is 7.64. The molecule has 0 aliphatic rings. The maximum atomic E-state index is 9.92. The number of benzene rings is 1. The Morgan fingerprint density at radius 3 is 2.53 bits per heavy atom. The second kappa shape index (κ2) is 6.44. The molecule has 1 aromatic rings. The number of isocyanates is 2. The summed E-state index contributed by atoms with van der Waals surface area (Å²) in [5, 5.41) is 0. The van der Waals surface area contributed by atoms with Crippen molar-refractivity contribution in [3.63, 3.8) is 0 Å². The number of hydrogen-bond donors (Lipinski definition) is 0. The highest BCUT2D eigenvalue weighted by Gasteiger charge is 1.95. The first-order valence-corrected chi connectivity index (χ1v) is 4.52. The van der Waals surface area contributed by atoms with Crippen molar-refractivity contribution in [3.05, 3.63) is 35.4 Å². The molecule has 0 fully saturated rings. The van der Waals surface area contributed by atoms with E-state index in [-0.39, 0.29) is 0 Å². The molecular weight excluding hydrogens is 192 g/mol. The lowest BCUT2D eigenvalue weighted by molar-refractivity contribution is 0.562. The first kappa shape index (κ1) is 11.1. The van der Waals surface area contributed by atoms with E-state index in [9.17, 15) is 9.59 Å². The summed E-state index contributed by atoms with van der Waals surface area (Å²) in [6.45, 7) is 0.776. The molecule has 0 aromatic heterocycles. The molecular formula is C11H10N2O2. The van der Waals surface area contributed by atoms with Gasteiger partial charge in [0, 0.05) is 0 Å². The molecule has 0 unspecified atom stereocenters. The molecule has 0 atom stereocenters. The molecule has 0 aliphatic heterocycles. The van der Waals surface area contributed by atoms with E-state index in [4.69, 9.17) is 0 Å². The maximum absolute atomic E-state index is 9.92. The Hall–Kier alpha value is -2.02. The number of aliphatic imine (C=N–C) groups is 2. The van der Waals surface area contributed by atoms with Crippen LogP contribution in [-0.4, -0.2) is 18.7 Å². The fraction of sp³-hybridized carbons (Fsp3) is 0.273. The molecule has 0 N–H and O–H groups in total. The minimum Gasteiger partial charge on any atom is -0.211 e. The summed E-state index contributed by atoms with van der Waals surface area (Å²) in [5.74, 6) is 0. The van der Waals surface area contributed by atoms with Gasteiger partial charge in [-0.05, 0) is 17.5 Å². The van der Waals surface area contributed by atoms with E-state index in [1.165, 1.54) is 12.2 Å². The van der Waals surface area contributed by atoms with Crippen LogP contribution in [-0.2, 0) is 22.6 Å². The van der Waals surface area contributed by atoms with Crippen LogP contribution in [0.1, 0.15) is 11.1 Å². The van der Waals surface area contributed by atoms with Crippen LogP contribution in [0.25, 0.3) is 0 Å². The molecule has 15 heavy (non-hydrogen) atoms. The predicted octanol–water partition coefficient (Wildman–Crippen LogP) is 1.40. The van der Waals surface area contributed by atoms with Crippen LogP contribution in [0.5, 0.6) is 0 Å². The number of rotatable bonds is 5. The van der Waals surface area contributed by atoms with Crippen LogP contribution in [0.15, 0.2) is 34.3 Å². The minimum atomic E-state index is 0.342. The average molecular weight is 202 g/mol. The van der Waals surface area contributed by atoms with Crippen LogP contribution in [0.2, 0.25) is 0 Å². The lowest BCUT2D eigenvalue weighted by Gasteiger charge is -2.00. The van der Waals surface area contributed by atoms with Gasteiger partial charge >= 0.3 is 0 Å². The summed E-state index contributed by atoms with van der Waals surface area (Å²) >= 11 is 0. The van der Waals surface area contributed by atoms with E-state index >= 15 is 0 Å². The minimum absolute atomic E-state index is 0.342. The van der Waals surface area contributed by atoms with Gasteiger partial charge in [-0.25, -0.2) is 19.6 Å². The lowest BCUT2D eigenvalue weighted by Crippen LogP contribution is -1.91. The Morgan fingerprint density at radius 1 is 1.07 bits per heavy atom. The van der Waals surface area contributed by atoms with Gasteiger partial charge in [-0.1, -0.05) is 24.3 Å². The van der Waals surface area contributed by atoms with Crippen molar-refractivity contribution >= 4 is 12.2 Å². The smallest absolute Gasteiger partial charge is 0.211 e. The second-order valence-electron chi connectivity index (χ2n) is 2.95. The molecule has 0 amide bonds. The van der Waals surface area contributed by atoms with E-state index in [1.807, 2.05) is 24.3 Å². The van der Waals surface area contributed by atoms with Crippen molar-refractivity contribution in [2.45, 2.75) is 13.0 Å². The fourth-order valence-electron chi connectivity index (χ4n) is 1.24. The molecule has 0 saturated heterocycles. The largest absolute Gasteiger partial charge is 0.235 e. The van der Waals surface area contributed by atoms with Gasteiger partial charge in [0.05, 0.1) is 13.1 Å². The summed E-state index contributed by atoms with van der Waals surface area (Å²) in [6.07, 6.45) is 3.67. The van der Waals surface area contributed by atoms with E-state index in [2.05, 4.69) is 9.98 Å². The zero-order valence-corrected chi connectivity index (χ0v) is 8.14. The molecule has 1 rings (SSSR count). The topological polar surface area (TPSA) is 58.9 Å². The molecule has 4 heteroatoms. The van der Waals surface area contributed by atoms with Crippen LogP contribution >= 0.6 is 0 Å². The van der Waals surface area contributed by atoms with E-state index in [0.717, 1.165) is 11.1 Å². The quantitative estimate of drug-likeness (QED) is 0.535. The molecule has 0 aliphatic carbocycles. The normalized spacial score (nSPS) is 8.80. The van der Waals surface area contributed by atoms with Crippen molar-refractivity contribution in [3.8, 4) is 0 Å². The third kappa shape index (κ3) is 4.14. The Labute approximate surface area is 87.4 Å². The van der Waals surface area contributed by atoms with E-state index in [1.54, 1.807) is 0 Å². The van der Waals surface area contributed by atoms with Crippen molar-refractivity contribution in [1.29, 1.82) is 0 Å². The highest BCUT2D eigenvalue weighted by molar-refractivity contribution is 5.34.